The highest BCUT2D eigenvalue weighted by atomic mass is 127. The quantitative estimate of drug-likeness (QED) is 0.798. The third-order valence-corrected chi connectivity index (χ3v) is 4.77. The van der Waals surface area contributed by atoms with Gasteiger partial charge in [-0.05, 0) is 54.0 Å². The molecular formula is C14H18IN5. The van der Waals surface area contributed by atoms with Crippen molar-refractivity contribution < 1.29 is 0 Å². The zero-order valence-corrected chi connectivity index (χ0v) is 13.4. The molecule has 1 aliphatic rings. The van der Waals surface area contributed by atoms with E-state index in [9.17, 15) is 0 Å². The van der Waals surface area contributed by atoms with E-state index in [4.69, 9.17) is 5.73 Å². The number of nitrogens with two attached hydrogens (primary N) is 1. The summed E-state index contributed by atoms with van der Waals surface area (Å²) in [6, 6.07) is 8.18. The molecule has 0 aliphatic carbocycles. The zero-order valence-electron chi connectivity index (χ0n) is 11.2. The normalized spacial score (nSPS) is 16.6. The van der Waals surface area contributed by atoms with E-state index >= 15 is 0 Å². The number of rotatable bonds is 3. The number of aromatic nitrogens is 3. The highest BCUT2D eigenvalue weighted by Crippen LogP contribution is 2.25. The minimum absolute atomic E-state index is 0.653. The summed E-state index contributed by atoms with van der Waals surface area (Å²) in [7, 11) is 0. The van der Waals surface area contributed by atoms with E-state index in [0.29, 0.717) is 5.92 Å². The molecule has 3 rings (SSSR count). The molecule has 1 aromatic carbocycles. The molecule has 0 radical (unpaired) electrons. The second kappa shape index (κ2) is 6.09. The van der Waals surface area contributed by atoms with Gasteiger partial charge in [0.15, 0.2) is 5.82 Å². The van der Waals surface area contributed by atoms with Gasteiger partial charge in [-0.2, -0.15) is 4.98 Å². The van der Waals surface area contributed by atoms with Crippen molar-refractivity contribution in [3.63, 3.8) is 0 Å². The molecule has 1 fully saturated rings. The number of aromatic amines is 1. The molecule has 1 aromatic heterocycles. The Morgan fingerprint density at radius 1 is 1.30 bits per heavy atom. The zero-order chi connectivity index (χ0) is 13.9. The lowest BCUT2D eigenvalue weighted by molar-refractivity contribution is 0.411. The first-order chi connectivity index (χ1) is 9.78. The number of nitrogens with zero attached hydrogens (tertiary/aromatic N) is 3. The lowest BCUT2D eigenvalue weighted by Gasteiger charge is -2.30. The lowest BCUT2D eigenvalue weighted by atomic mass is 9.97. The molecule has 1 saturated heterocycles. The molecule has 0 spiro atoms. The van der Waals surface area contributed by atoms with Gasteiger partial charge in [-0.25, -0.2) is 0 Å². The minimum atomic E-state index is 0.653. The second-order valence-electron chi connectivity index (χ2n) is 5.13. The first-order valence-corrected chi connectivity index (χ1v) is 7.98. The van der Waals surface area contributed by atoms with Crippen LogP contribution in [0.2, 0.25) is 0 Å². The molecule has 3 N–H and O–H groups in total. The van der Waals surface area contributed by atoms with Gasteiger partial charge in [0.25, 0.3) is 0 Å². The standard InChI is InChI=1S/C14H18IN5/c15-12-4-2-1-3-11(12)13-17-14(19-18-13)20-7-5-10(9-16)6-8-20/h1-4,10H,5-9,16H2,(H,17,18,19). The van der Waals surface area contributed by atoms with Crippen molar-refractivity contribution in [1.29, 1.82) is 0 Å². The Kier molecular flexibility index (Phi) is 4.21. The fourth-order valence-electron chi connectivity index (χ4n) is 2.54. The predicted octanol–water partition coefficient (Wildman–Crippen LogP) is 2.25. The number of anilines is 1. The van der Waals surface area contributed by atoms with E-state index in [1.807, 2.05) is 12.1 Å². The summed E-state index contributed by atoms with van der Waals surface area (Å²) in [5, 5.41) is 7.42. The van der Waals surface area contributed by atoms with Crippen LogP contribution in [0.5, 0.6) is 0 Å². The van der Waals surface area contributed by atoms with Gasteiger partial charge in [0.2, 0.25) is 5.95 Å². The maximum atomic E-state index is 5.73. The number of nitrogens with one attached hydrogen (secondary N) is 1. The fourth-order valence-corrected chi connectivity index (χ4v) is 3.18. The van der Waals surface area contributed by atoms with Crippen LogP contribution in [0.1, 0.15) is 12.8 Å². The molecule has 0 unspecified atom stereocenters. The monoisotopic (exact) mass is 383 g/mol. The molecule has 5 nitrogen and oxygen atoms in total. The first kappa shape index (κ1) is 13.8. The van der Waals surface area contributed by atoms with Crippen molar-refractivity contribution in [2.24, 2.45) is 11.7 Å². The van der Waals surface area contributed by atoms with E-state index in [1.54, 1.807) is 0 Å². The number of hydrogen-bond donors (Lipinski definition) is 2. The number of hydrogen-bond acceptors (Lipinski definition) is 4. The van der Waals surface area contributed by atoms with Crippen molar-refractivity contribution in [2.75, 3.05) is 24.5 Å². The third-order valence-electron chi connectivity index (χ3n) is 3.83. The second-order valence-corrected chi connectivity index (χ2v) is 6.29. The van der Waals surface area contributed by atoms with Gasteiger partial charge >= 0.3 is 0 Å². The van der Waals surface area contributed by atoms with Gasteiger partial charge in [0, 0.05) is 22.2 Å². The van der Waals surface area contributed by atoms with Crippen molar-refractivity contribution in [2.45, 2.75) is 12.8 Å². The van der Waals surface area contributed by atoms with Gasteiger partial charge < -0.3 is 10.6 Å². The third kappa shape index (κ3) is 2.80. The summed E-state index contributed by atoms with van der Waals surface area (Å²) in [6.45, 7) is 2.77. The van der Waals surface area contributed by atoms with Gasteiger partial charge in [-0.1, -0.05) is 18.2 Å². The van der Waals surface area contributed by atoms with Crippen molar-refractivity contribution in [3.8, 4) is 11.4 Å². The van der Waals surface area contributed by atoms with Crippen LogP contribution in [-0.4, -0.2) is 34.8 Å². The van der Waals surface area contributed by atoms with Gasteiger partial charge in [0.1, 0.15) is 0 Å². The van der Waals surface area contributed by atoms with Crippen LogP contribution in [0.15, 0.2) is 24.3 Å². The molecule has 106 valence electrons. The maximum Gasteiger partial charge on any atom is 0.245 e. The van der Waals surface area contributed by atoms with E-state index in [-0.39, 0.29) is 0 Å². The number of halogens is 1. The van der Waals surface area contributed by atoms with E-state index < -0.39 is 0 Å². The van der Waals surface area contributed by atoms with Crippen LogP contribution >= 0.6 is 22.6 Å². The Balaban J connectivity index is 1.76. The maximum absolute atomic E-state index is 5.73. The van der Waals surface area contributed by atoms with Crippen LogP contribution in [-0.2, 0) is 0 Å². The number of H-pyrrole nitrogens is 1. The van der Waals surface area contributed by atoms with Crippen LogP contribution in [0.25, 0.3) is 11.4 Å². The fraction of sp³-hybridized carbons (Fsp3) is 0.429. The van der Waals surface area contributed by atoms with Crippen LogP contribution in [0.3, 0.4) is 0 Å². The Morgan fingerprint density at radius 3 is 2.75 bits per heavy atom. The Hall–Kier alpha value is -1.15. The molecule has 20 heavy (non-hydrogen) atoms. The summed E-state index contributed by atoms with van der Waals surface area (Å²) in [5.41, 5.74) is 6.83. The van der Waals surface area contributed by atoms with E-state index in [2.05, 4.69) is 54.8 Å². The molecule has 0 atom stereocenters. The summed E-state index contributed by atoms with van der Waals surface area (Å²) in [5.74, 6) is 2.29. The average molecular weight is 383 g/mol. The number of benzene rings is 1. The molecule has 0 amide bonds. The average Bonchev–Trinajstić information content (AvgIpc) is 2.97. The highest BCUT2D eigenvalue weighted by Gasteiger charge is 2.21. The van der Waals surface area contributed by atoms with Crippen LogP contribution in [0.4, 0.5) is 5.95 Å². The largest absolute Gasteiger partial charge is 0.340 e. The SMILES string of the molecule is NCC1CCN(c2n[nH]c(-c3ccccc3I)n2)CC1. The molecule has 6 heteroatoms. The van der Waals surface area contributed by atoms with Crippen molar-refractivity contribution >= 4 is 28.5 Å². The molecule has 2 aromatic rings. The summed E-state index contributed by atoms with van der Waals surface area (Å²) >= 11 is 2.32. The minimum Gasteiger partial charge on any atom is -0.340 e. The highest BCUT2D eigenvalue weighted by molar-refractivity contribution is 14.1. The first-order valence-electron chi connectivity index (χ1n) is 6.90. The van der Waals surface area contributed by atoms with Crippen molar-refractivity contribution in [1.82, 2.24) is 15.2 Å². The van der Waals surface area contributed by atoms with Gasteiger partial charge in [0.05, 0.1) is 0 Å². The van der Waals surface area contributed by atoms with Gasteiger partial charge in [-0.15, -0.1) is 5.10 Å². The smallest absolute Gasteiger partial charge is 0.245 e. The van der Waals surface area contributed by atoms with Crippen LogP contribution < -0.4 is 10.6 Å². The summed E-state index contributed by atoms with van der Waals surface area (Å²) in [6.07, 6.45) is 2.26. The Bertz CT molecular complexity index is 574. The molecule has 0 saturated carbocycles. The summed E-state index contributed by atoms with van der Waals surface area (Å²) in [4.78, 5) is 6.88. The molecular weight excluding hydrogens is 365 g/mol. The van der Waals surface area contributed by atoms with E-state index in [1.165, 1.54) is 3.57 Å². The molecule has 1 aliphatic heterocycles. The Morgan fingerprint density at radius 2 is 2.05 bits per heavy atom. The van der Waals surface area contributed by atoms with Gasteiger partial charge in [-0.3, -0.25) is 5.10 Å². The predicted molar refractivity (Wildman–Crippen MR) is 88.5 cm³/mol. The van der Waals surface area contributed by atoms with Crippen molar-refractivity contribution in [3.05, 3.63) is 27.8 Å². The Labute approximate surface area is 132 Å². The topological polar surface area (TPSA) is 70.8 Å². The van der Waals surface area contributed by atoms with Crippen LogP contribution in [0, 0.1) is 9.49 Å². The number of piperidine rings is 1. The lowest BCUT2D eigenvalue weighted by Crippen LogP contribution is -2.36. The molecule has 0 bridgehead atoms. The summed E-state index contributed by atoms with van der Waals surface area (Å²) < 4.78 is 1.18. The molecule has 2 heterocycles. The van der Waals surface area contributed by atoms with E-state index in [0.717, 1.165) is 49.8 Å².